The Morgan fingerprint density at radius 2 is 2.22 bits per heavy atom. The van der Waals surface area contributed by atoms with Crippen LogP contribution in [0.25, 0.3) is 0 Å². The highest BCUT2D eigenvalue weighted by molar-refractivity contribution is 5.58. The van der Waals surface area contributed by atoms with Crippen LogP contribution in [0.5, 0.6) is 5.75 Å². The molecule has 1 atom stereocenters. The van der Waals surface area contributed by atoms with E-state index in [1.807, 2.05) is 18.2 Å². The number of benzene rings is 1. The van der Waals surface area contributed by atoms with Crippen molar-refractivity contribution in [2.75, 3.05) is 45.4 Å². The number of nitrogens with zero attached hydrogens (tertiary/aromatic N) is 1. The number of hydrogen-bond donors (Lipinski definition) is 1. The van der Waals surface area contributed by atoms with Crippen LogP contribution < -0.4 is 15.4 Å². The monoisotopic (exact) mass is 250 g/mol. The fourth-order valence-corrected chi connectivity index (χ4v) is 2.53. The van der Waals surface area contributed by atoms with Crippen LogP contribution in [0.1, 0.15) is 6.42 Å². The number of hydrogen-bond acceptors (Lipinski definition) is 4. The molecule has 0 bridgehead atoms. The van der Waals surface area contributed by atoms with Gasteiger partial charge in [0.25, 0.3) is 0 Å². The maximum absolute atomic E-state index is 5.93. The molecule has 1 aromatic carbocycles. The molecular weight excluding hydrogens is 228 g/mol. The molecule has 1 fully saturated rings. The molecule has 0 radical (unpaired) electrons. The molecule has 100 valence electrons. The van der Waals surface area contributed by atoms with Crippen LogP contribution in [0.2, 0.25) is 0 Å². The maximum Gasteiger partial charge on any atom is 0.142 e. The number of ether oxygens (including phenoxy) is 2. The Bertz CT molecular complexity index is 389. The summed E-state index contributed by atoms with van der Waals surface area (Å²) in [6, 6.07) is 8.05. The zero-order valence-electron chi connectivity index (χ0n) is 11.2. The molecule has 0 saturated carbocycles. The number of rotatable bonds is 5. The Morgan fingerprint density at radius 1 is 1.44 bits per heavy atom. The van der Waals surface area contributed by atoms with Crippen molar-refractivity contribution >= 4 is 5.69 Å². The average Bonchev–Trinajstić information content (AvgIpc) is 2.87. The lowest BCUT2D eigenvalue weighted by Crippen LogP contribution is -2.42. The topological polar surface area (TPSA) is 47.7 Å². The Labute approximate surface area is 109 Å². The van der Waals surface area contributed by atoms with Crippen LogP contribution in [0.3, 0.4) is 0 Å². The first-order chi connectivity index (χ1) is 8.71. The molecule has 0 amide bonds. The van der Waals surface area contributed by atoms with E-state index in [0.717, 1.165) is 37.6 Å². The van der Waals surface area contributed by atoms with Crippen molar-refractivity contribution in [3.05, 3.63) is 24.3 Å². The molecule has 1 unspecified atom stereocenters. The van der Waals surface area contributed by atoms with Crippen LogP contribution in [-0.2, 0) is 4.74 Å². The molecule has 1 aliphatic heterocycles. The van der Waals surface area contributed by atoms with Crippen LogP contribution in [0, 0.1) is 5.41 Å². The summed E-state index contributed by atoms with van der Waals surface area (Å²) >= 11 is 0. The van der Waals surface area contributed by atoms with Gasteiger partial charge in [0.2, 0.25) is 0 Å². The van der Waals surface area contributed by atoms with Gasteiger partial charge in [0.15, 0.2) is 0 Å². The third-order valence-corrected chi connectivity index (χ3v) is 3.69. The van der Waals surface area contributed by atoms with Crippen molar-refractivity contribution in [1.82, 2.24) is 0 Å². The van der Waals surface area contributed by atoms with Crippen molar-refractivity contribution < 1.29 is 9.47 Å². The maximum atomic E-state index is 5.93. The van der Waals surface area contributed by atoms with Crippen molar-refractivity contribution in [2.24, 2.45) is 11.1 Å². The van der Waals surface area contributed by atoms with Gasteiger partial charge in [-0.25, -0.2) is 0 Å². The van der Waals surface area contributed by atoms with E-state index in [-0.39, 0.29) is 5.41 Å². The minimum Gasteiger partial charge on any atom is -0.495 e. The van der Waals surface area contributed by atoms with Gasteiger partial charge in [-0.2, -0.15) is 0 Å². The molecule has 0 spiro atoms. The summed E-state index contributed by atoms with van der Waals surface area (Å²) in [7, 11) is 3.78. The second kappa shape index (κ2) is 5.59. The predicted octanol–water partition coefficient (Wildman–Crippen LogP) is 1.50. The zero-order chi connectivity index (χ0) is 13.0. The zero-order valence-corrected chi connectivity index (χ0v) is 11.2. The van der Waals surface area contributed by atoms with Gasteiger partial charge in [-0.15, -0.1) is 0 Å². The fraction of sp³-hybridized carbons (Fsp3) is 0.571. The van der Waals surface area contributed by atoms with Gasteiger partial charge < -0.3 is 20.1 Å². The second-order valence-corrected chi connectivity index (χ2v) is 5.03. The Kier molecular flexibility index (Phi) is 4.09. The Balaban J connectivity index is 2.13. The van der Waals surface area contributed by atoms with Crippen molar-refractivity contribution in [3.8, 4) is 5.75 Å². The van der Waals surface area contributed by atoms with E-state index >= 15 is 0 Å². The van der Waals surface area contributed by atoms with Gasteiger partial charge in [0.1, 0.15) is 5.75 Å². The lowest BCUT2D eigenvalue weighted by molar-refractivity contribution is 0.157. The summed E-state index contributed by atoms with van der Waals surface area (Å²) in [6.07, 6.45) is 1.03. The summed E-state index contributed by atoms with van der Waals surface area (Å²) in [5.74, 6) is 0.895. The van der Waals surface area contributed by atoms with E-state index in [1.165, 1.54) is 0 Å². The molecule has 4 heteroatoms. The van der Waals surface area contributed by atoms with Crippen molar-refractivity contribution in [3.63, 3.8) is 0 Å². The standard InChI is InChI=1S/C14H22N2O2/c1-16(10-14(9-15)7-8-18-11-14)12-5-3-4-6-13(12)17-2/h3-6H,7-11,15H2,1-2H3. The van der Waals surface area contributed by atoms with Gasteiger partial charge in [0, 0.05) is 32.2 Å². The van der Waals surface area contributed by atoms with Crippen LogP contribution in [0.15, 0.2) is 24.3 Å². The normalized spacial score (nSPS) is 23.1. The van der Waals surface area contributed by atoms with E-state index in [0.29, 0.717) is 6.54 Å². The van der Waals surface area contributed by atoms with E-state index in [1.54, 1.807) is 7.11 Å². The smallest absolute Gasteiger partial charge is 0.142 e. The Hall–Kier alpha value is -1.26. The summed E-state index contributed by atoms with van der Waals surface area (Å²) in [5.41, 5.74) is 7.10. The lowest BCUT2D eigenvalue weighted by Gasteiger charge is -2.32. The van der Waals surface area contributed by atoms with Crippen molar-refractivity contribution in [2.45, 2.75) is 6.42 Å². The molecule has 18 heavy (non-hydrogen) atoms. The predicted molar refractivity (Wildman–Crippen MR) is 73.2 cm³/mol. The van der Waals surface area contributed by atoms with E-state index in [4.69, 9.17) is 15.2 Å². The SMILES string of the molecule is COc1ccccc1N(C)CC1(CN)CCOC1. The highest BCUT2D eigenvalue weighted by atomic mass is 16.5. The highest BCUT2D eigenvalue weighted by Gasteiger charge is 2.35. The summed E-state index contributed by atoms with van der Waals surface area (Å²) in [4.78, 5) is 2.21. The molecule has 1 saturated heterocycles. The fourth-order valence-electron chi connectivity index (χ4n) is 2.53. The van der Waals surface area contributed by atoms with Crippen LogP contribution in [0.4, 0.5) is 5.69 Å². The third-order valence-electron chi connectivity index (χ3n) is 3.69. The highest BCUT2D eigenvalue weighted by Crippen LogP contribution is 2.33. The van der Waals surface area contributed by atoms with Gasteiger partial charge in [-0.1, -0.05) is 12.1 Å². The number of nitrogens with two attached hydrogens (primary N) is 1. The van der Waals surface area contributed by atoms with Gasteiger partial charge >= 0.3 is 0 Å². The van der Waals surface area contributed by atoms with Gasteiger partial charge in [0.05, 0.1) is 19.4 Å². The molecule has 4 nitrogen and oxygen atoms in total. The molecule has 1 aromatic rings. The summed E-state index contributed by atoms with van der Waals surface area (Å²) in [6.45, 7) is 3.12. The largest absolute Gasteiger partial charge is 0.495 e. The first kappa shape index (κ1) is 13.2. The summed E-state index contributed by atoms with van der Waals surface area (Å²) < 4.78 is 10.9. The van der Waals surface area contributed by atoms with E-state index < -0.39 is 0 Å². The Morgan fingerprint density at radius 3 is 2.83 bits per heavy atom. The second-order valence-electron chi connectivity index (χ2n) is 5.03. The van der Waals surface area contributed by atoms with E-state index in [2.05, 4.69) is 18.0 Å². The summed E-state index contributed by atoms with van der Waals surface area (Å²) in [5, 5.41) is 0. The van der Waals surface area contributed by atoms with Gasteiger partial charge in [-0.05, 0) is 18.6 Å². The molecular formula is C14H22N2O2. The number of para-hydroxylation sites is 2. The first-order valence-electron chi connectivity index (χ1n) is 6.33. The first-order valence-corrected chi connectivity index (χ1v) is 6.33. The molecule has 2 N–H and O–H groups in total. The lowest BCUT2D eigenvalue weighted by atomic mass is 9.87. The van der Waals surface area contributed by atoms with Crippen LogP contribution >= 0.6 is 0 Å². The molecule has 0 aliphatic carbocycles. The molecule has 1 aliphatic rings. The molecule has 2 rings (SSSR count). The number of anilines is 1. The van der Waals surface area contributed by atoms with Crippen LogP contribution in [-0.4, -0.2) is 40.5 Å². The average molecular weight is 250 g/mol. The molecule has 0 aromatic heterocycles. The van der Waals surface area contributed by atoms with Gasteiger partial charge in [-0.3, -0.25) is 0 Å². The van der Waals surface area contributed by atoms with Crippen molar-refractivity contribution in [1.29, 1.82) is 0 Å². The number of methoxy groups -OCH3 is 1. The minimum absolute atomic E-state index is 0.0790. The quantitative estimate of drug-likeness (QED) is 0.860. The minimum atomic E-state index is 0.0790. The molecule has 1 heterocycles. The third kappa shape index (κ3) is 2.60. The van der Waals surface area contributed by atoms with E-state index in [9.17, 15) is 0 Å².